The van der Waals surface area contributed by atoms with Gasteiger partial charge in [0.15, 0.2) is 0 Å². The molecule has 2 rings (SSSR count). The minimum atomic E-state index is 0.121. The Morgan fingerprint density at radius 2 is 2.37 bits per heavy atom. The van der Waals surface area contributed by atoms with Gasteiger partial charge in [-0.3, -0.25) is 9.69 Å². The molecule has 1 fully saturated rings. The average Bonchev–Trinajstić information content (AvgIpc) is 2.84. The van der Waals surface area contributed by atoms with Gasteiger partial charge in [-0.1, -0.05) is 30.7 Å². The molecule has 1 atom stereocenters. The van der Waals surface area contributed by atoms with Crippen LogP contribution in [0.1, 0.15) is 37.8 Å². The fraction of sp³-hybridized carbons (Fsp3) is 0.533. The van der Waals surface area contributed by atoms with Crippen LogP contribution in [0, 0.1) is 0 Å². The molecule has 0 bridgehead atoms. The SMILES string of the molecule is CCCNC(=O)CN1CCCC1c1cccc(Cl)c1. The summed E-state index contributed by atoms with van der Waals surface area (Å²) in [6.45, 7) is 4.29. The second kappa shape index (κ2) is 6.92. The van der Waals surface area contributed by atoms with Gasteiger partial charge in [-0.15, -0.1) is 0 Å². The number of carbonyl (C=O) groups excluding carboxylic acids is 1. The van der Waals surface area contributed by atoms with E-state index in [1.165, 1.54) is 5.56 Å². The first-order valence-corrected chi connectivity index (χ1v) is 7.34. The van der Waals surface area contributed by atoms with Crippen molar-refractivity contribution in [3.63, 3.8) is 0 Å². The Hall–Kier alpha value is -1.06. The summed E-state index contributed by atoms with van der Waals surface area (Å²) in [6.07, 6.45) is 3.21. The van der Waals surface area contributed by atoms with Crippen molar-refractivity contribution in [2.45, 2.75) is 32.2 Å². The van der Waals surface area contributed by atoms with Gasteiger partial charge < -0.3 is 5.32 Å². The van der Waals surface area contributed by atoms with Crippen LogP contribution in [0.5, 0.6) is 0 Å². The third-order valence-corrected chi connectivity index (χ3v) is 3.75. The van der Waals surface area contributed by atoms with Crippen molar-refractivity contribution in [1.29, 1.82) is 0 Å². The van der Waals surface area contributed by atoms with E-state index in [9.17, 15) is 4.79 Å². The van der Waals surface area contributed by atoms with Gasteiger partial charge in [0.25, 0.3) is 0 Å². The minimum absolute atomic E-state index is 0.121. The zero-order chi connectivity index (χ0) is 13.7. The first-order chi connectivity index (χ1) is 9.20. The van der Waals surface area contributed by atoms with Gasteiger partial charge in [-0.05, 0) is 43.5 Å². The molecule has 0 spiro atoms. The van der Waals surface area contributed by atoms with Gasteiger partial charge >= 0.3 is 0 Å². The zero-order valence-corrected chi connectivity index (χ0v) is 12.1. The Bertz CT molecular complexity index is 436. The van der Waals surface area contributed by atoms with E-state index in [2.05, 4.69) is 23.2 Å². The molecular formula is C15H21ClN2O. The second-order valence-electron chi connectivity index (χ2n) is 5.03. The molecule has 19 heavy (non-hydrogen) atoms. The maximum atomic E-state index is 11.8. The molecule has 0 aromatic heterocycles. The maximum absolute atomic E-state index is 11.8. The third-order valence-electron chi connectivity index (χ3n) is 3.52. The topological polar surface area (TPSA) is 32.3 Å². The number of halogens is 1. The van der Waals surface area contributed by atoms with Crippen molar-refractivity contribution in [3.05, 3.63) is 34.9 Å². The van der Waals surface area contributed by atoms with Crippen molar-refractivity contribution in [3.8, 4) is 0 Å². The lowest BCUT2D eigenvalue weighted by Crippen LogP contribution is -2.37. The first-order valence-electron chi connectivity index (χ1n) is 6.97. The molecule has 0 radical (unpaired) electrons. The van der Waals surface area contributed by atoms with Gasteiger partial charge in [-0.2, -0.15) is 0 Å². The van der Waals surface area contributed by atoms with Crippen LogP contribution in [0.2, 0.25) is 5.02 Å². The molecular weight excluding hydrogens is 260 g/mol. The quantitative estimate of drug-likeness (QED) is 0.899. The molecule has 1 unspecified atom stereocenters. The average molecular weight is 281 g/mol. The Kier molecular flexibility index (Phi) is 5.23. The van der Waals surface area contributed by atoms with Gasteiger partial charge in [0, 0.05) is 17.6 Å². The molecule has 3 nitrogen and oxygen atoms in total. The molecule has 1 aromatic carbocycles. The van der Waals surface area contributed by atoms with Crippen LogP contribution in [0.15, 0.2) is 24.3 Å². The smallest absolute Gasteiger partial charge is 0.234 e. The molecule has 1 amide bonds. The van der Waals surface area contributed by atoms with Gasteiger partial charge in [-0.25, -0.2) is 0 Å². The number of hydrogen-bond donors (Lipinski definition) is 1. The van der Waals surface area contributed by atoms with E-state index in [0.717, 1.165) is 37.4 Å². The summed E-state index contributed by atoms with van der Waals surface area (Å²) in [5.41, 5.74) is 1.22. The Morgan fingerprint density at radius 1 is 1.53 bits per heavy atom. The number of hydrogen-bond acceptors (Lipinski definition) is 2. The summed E-state index contributed by atoms with van der Waals surface area (Å²) < 4.78 is 0. The van der Waals surface area contributed by atoms with E-state index in [1.54, 1.807) is 0 Å². The molecule has 1 aliphatic rings. The predicted molar refractivity (Wildman–Crippen MR) is 78.3 cm³/mol. The summed E-state index contributed by atoms with van der Waals surface area (Å²) in [5, 5.41) is 3.70. The minimum Gasteiger partial charge on any atom is -0.355 e. The Morgan fingerprint density at radius 3 is 3.11 bits per heavy atom. The number of amides is 1. The molecule has 1 saturated heterocycles. The summed E-state index contributed by atoms with van der Waals surface area (Å²) in [7, 11) is 0. The van der Waals surface area contributed by atoms with Crippen molar-refractivity contribution >= 4 is 17.5 Å². The lowest BCUT2D eigenvalue weighted by Gasteiger charge is -2.24. The van der Waals surface area contributed by atoms with E-state index in [4.69, 9.17) is 11.6 Å². The molecule has 1 N–H and O–H groups in total. The molecule has 1 heterocycles. The highest BCUT2D eigenvalue weighted by molar-refractivity contribution is 6.30. The number of nitrogens with zero attached hydrogens (tertiary/aromatic N) is 1. The zero-order valence-electron chi connectivity index (χ0n) is 11.4. The first kappa shape index (κ1) is 14.4. The maximum Gasteiger partial charge on any atom is 0.234 e. The fourth-order valence-electron chi connectivity index (χ4n) is 2.61. The lowest BCUT2D eigenvalue weighted by atomic mass is 10.0. The second-order valence-corrected chi connectivity index (χ2v) is 5.47. The van der Waals surface area contributed by atoms with Crippen LogP contribution < -0.4 is 5.32 Å². The molecule has 1 aliphatic heterocycles. The van der Waals surface area contributed by atoms with E-state index in [-0.39, 0.29) is 5.91 Å². The van der Waals surface area contributed by atoms with Crippen molar-refractivity contribution in [2.75, 3.05) is 19.6 Å². The van der Waals surface area contributed by atoms with Gasteiger partial charge in [0.2, 0.25) is 5.91 Å². The van der Waals surface area contributed by atoms with Crippen LogP contribution in [0.4, 0.5) is 0 Å². The molecule has 0 aliphatic carbocycles. The fourth-order valence-corrected chi connectivity index (χ4v) is 2.81. The molecule has 0 saturated carbocycles. The summed E-state index contributed by atoms with van der Waals surface area (Å²) in [4.78, 5) is 14.1. The van der Waals surface area contributed by atoms with E-state index < -0.39 is 0 Å². The summed E-state index contributed by atoms with van der Waals surface area (Å²) in [5.74, 6) is 0.121. The number of carbonyl (C=O) groups is 1. The molecule has 104 valence electrons. The summed E-state index contributed by atoms with van der Waals surface area (Å²) >= 11 is 6.05. The van der Waals surface area contributed by atoms with Gasteiger partial charge in [0.05, 0.1) is 6.54 Å². The van der Waals surface area contributed by atoms with Crippen LogP contribution in [0.25, 0.3) is 0 Å². The number of nitrogens with one attached hydrogen (secondary N) is 1. The van der Waals surface area contributed by atoms with E-state index in [0.29, 0.717) is 12.6 Å². The largest absolute Gasteiger partial charge is 0.355 e. The number of rotatable bonds is 5. The van der Waals surface area contributed by atoms with E-state index in [1.807, 2.05) is 18.2 Å². The molecule has 1 aromatic rings. The Balaban J connectivity index is 1.99. The van der Waals surface area contributed by atoms with Crippen molar-refractivity contribution in [1.82, 2.24) is 10.2 Å². The van der Waals surface area contributed by atoms with Crippen LogP contribution in [-0.4, -0.2) is 30.4 Å². The van der Waals surface area contributed by atoms with Crippen LogP contribution in [-0.2, 0) is 4.79 Å². The lowest BCUT2D eigenvalue weighted by molar-refractivity contribution is -0.122. The highest BCUT2D eigenvalue weighted by atomic mass is 35.5. The van der Waals surface area contributed by atoms with Crippen molar-refractivity contribution < 1.29 is 4.79 Å². The normalized spacial score (nSPS) is 19.6. The highest BCUT2D eigenvalue weighted by Gasteiger charge is 2.27. The Labute approximate surface area is 119 Å². The predicted octanol–water partition coefficient (Wildman–Crippen LogP) is 3.00. The highest BCUT2D eigenvalue weighted by Crippen LogP contribution is 2.32. The van der Waals surface area contributed by atoms with E-state index >= 15 is 0 Å². The molecule has 4 heteroatoms. The monoisotopic (exact) mass is 280 g/mol. The number of benzene rings is 1. The number of likely N-dealkylation sites (tertiary alicyclic amines) is 1. The standard InChI is InChI=1S/C15H21ClN2O/c1-2-8-17-15(19)11-18-9-4-7-14(18)12-5-3-6-13(16)10-12/h3,5-6,10,14H,2,4,7-9,11H2,1H3,(H,17,19). The third kappa shape index (κ3) is 3.95. The van der Waals surface area contributed by atoms with Crippen LogP contribution >= 0.6 is 11.6 Å². The summed E-state index contributed by atoms with van der Waals surface area (Å²) in [6, 6.07) is 8.29. The van der Waals surface area contributed by atoms with Crippen LogP contribution in [0.3, 0.4) is 0 Å². The van der Waals surface area contributed by atoms with Gasteiger partial charge in [0.1, 0.15) is 0 Å². The van der Waals surface area contributed by atoms with Crippen molar-refractivity contribution in [2.24, 2.45) is 0 Å².